The summed E-state index contributed by atoms with van der Waals surface area (Å²) in [5.74, 6) is 1.25. The molecule has 2 atom stereocenters. The third-order valence-corrected chi connectivity index (χ3v) is 7.81. The maximum absolute atomic E-state index is 12.3. The Morgan fingerprint density at radius 1 is 1.29 bits per heavy atom. The van der Waals surface area contributed by atoms with Crippen molar-refractivity contribution in [1.82, 2.24) is 15.2 Å². The maximum Gasteiger partial charge on any atom is 0.221 e. The van der Waals surface area contributed by atoms with Crippen molar-refractivity contribution < 1.29 is 17.9 Å². The molecule has 0 radical (unpaired) electrons. The Hall–Kier alpha value is -2.45. The van der Waals surface area contributed by atoms with E-state index in [0.717, 1.165) is 34.6 Å². The van der Waals surface area contributed by atoms with Crippen LogP contribution in [0.2, 0.25) is 0 Å². The molecule has 0 spiro atoms. The number of carbonyl (C=O) groups is 1. The van der Waals surface area contributed by atoms with Crippen molar-refractivity contribution in [2.24, 2.45) is 0 Å². The van der Waals surface area contributed by atoms with Crippen LogP contribution in [0, 0.1) is 6.92 Å². The van der Waals surface area contributed by atoms with Gasteiger partial charge < -0.3 is 15.0 Å². The zero-order chi connectivity index (χ0) is 22.0. The number of pyridine rings is 1. The second kappa shape index (κ2) is 8.96. The van der Waals surface area contributed by atoms with E-state index in [1.165, 1.54) is 0 Å². The summed E-state index contributed by atoms with van der Waals surface area (Å²) in [4.78, 5) is 18.7. The predicted molar refractivity (Wildman–Crippen MR) is 120 cm³/mol. The second-order valence-corrected chi connectivity index (χ2v) is 10.8. The molecule has 4 rings (SSSR count). The Labute approximate surface area is 183 Å². The SMILES string of the molecule is Cc1ccc(-c2ccc3c(c2)CC(CNC(=O)CCN(C)C2CCS(=O)(=O)C2)O3)nc1. The van der Waals surface area contributed by atoms with E-state index in [2.05, 4.69) is 16.4 Å². The van der Waals surface area contributed by atoms with Gasteiger partial charge in [0.05, 0.1) is 23.7 Å². The normalized spacial score (nSPS) is 21.6. The van der Waals surface area contributed by atoms with Gasteiger partial charge in [-0.05, 0) is 55.8 Å². The van der Waals surface area contributed by atoms with Gasteiger partial charge in [0.25, 0.3) is 0 Å². The third-order valence-electron chi connectivity index (χ3n) is 6.06. The molecule has 166 valence electrons. The fourth-order valence-electron chi connectivity index (χ4n) is 4.13. The number of rotatable bonds is 7. The minimum absolute atomic E-state index is 0.0164. The average molecular weight is 444 g/mol. The molecule has 1 amide bonds. The first-order valence-electron chi connectivity index (χ1n) is 10.7. The highest BCUT2D eigenvalue weighted by Gasteiger charge is 2.30. The number of nitrogens with zero attached hydrogens (tertiary/aromatic N) is 2. The summed E-state index contributed by atoms with van der Waals surface area (Å²) in [6.07, 6.45) is 3.51. The number of ether oxygens (including phenoxy) is 1. The maximum atomic E-state index is 12.3. The van der Waals surface area contributed by atoms with E-state index >= 15 is 0 Å². The number of hydrogen-bond donors (Lipinski definition) is 1. The summed E-state index contributed by atoms with van der Waals surface area (Å²) >= 11 is 0. The minimum Gasteiger partial charge on any atom is -0.488 e. The Morgan fingerprint density at radius 2 is 2.13 bits per heavy atom. The van der Waals surface area contributed by atoms with Crippen LogP contribution in [0.3, 0.4) is 0 Å². The molecule has 2 aliphatic heterocycles. The highest BCUT2D eigenvalue weighted by Crippen LogP contribution is 2.32. The summed E-state index contributed by atoms with van der Waals surface area (Å²) < 4.78 is 29.2. The van der Waals surface area contributed by atoms with Gasteiger partial charge in [0.15, 0.2) is 9.84 Å². The first-order valence-corrected chi connectivity index (χ1v) is 12.5. The van der Waals surface area contributed by atoms with E-state index in [-0.39, 0.29) is 29.6 Å². The zero-order valence-corrected chi connectivity index (χ0v) is 18.8. The van der Waals surface area contributed by atoms with Crippen molar-refractivity contribution in [2.45, 2.75) is 38.3 Å². The Bertz CT molecular complexity index is 1050. The topological polar surface area (TPSA) is 88.6 Å². The molecule has 7 nitrogen and oxygen atoms in total. The monoisotopic (exact) mass is 443 g/mol. The summed E-state index contributed by atoms with van der Waals surface area (Å²) in [5, 5.41) is 2.95. The van der Waals surface area contributed by atoms with Gasteiger partial charge in [-0.25, -0.2) is 8.42 Å². The Morgan fingerprint density at radius 3 is 2.84 bits per heavy atom. The highest BCUT2D eigenvalue weighted by molar-refractivity contribution is 7.91. The molecule has 1 fully saturated rings. The highest BCUT2D eigenvalue weighted by atomic mass is 32.2. The largest absolute Gasteiger partial charge is 0.488 e. The molecule has 8 heteroatoms. The lowest BCUT2D eigenvalue weighted by atomic mass is 10.0. The lowest BCUT2D eigenvalue weighted by Gasteiger charge is -2.22. The van der Waals surface area contributed by atoms with Crippen LogP contribution in [0.25, 0.3) is 11.3 Å². The number of aromatic nitrogens is 1. The Balaban J connectivity index is 1.24. The molecule has 2 unspecified atom stereocenters. The van der Waals surface area contributed by atoms with Crippen LogP contribution in [-0.4, -0.2) is 68.0 Å². The number of fused-ring (bicyclic) bond motifs is 1. The summed E-state index contributed by atoms with van der Waals surface area (Å²) in [7, 11) is -1.03. The molecule has 0 saturated carbocycles. The van der Waals surface area contributed by atoms with E-state index in [9.17, 15) is 13.2 Å². The molecular formula is C23H29N3O4S. The van der Waals surface area contributed by atoms with Gasteiger partial charge in [-0.3, -0.25) is 9.78 Å². The molecule has 0 bridgehead atoms. The van der Waals surface area contributed by atoms with E-state index in [0.29, 0.717) is 25.9 Å². The van der Waals surface area contributed by atoms with Crippen molar-refractivity contribution in [3.63, 3.8) is 0 Å². The molecule has 2 aromatic rings. The van der Waals surface area contributed by atoms with Crippen molar-refractivity contribution in [3.8, 4) is 17.0 Å². The average Bonchev–Trinajstić information content (AvgIpc) is 3.32. The van der Waals surface area contributed by atoms with Gasteiger partial charge in [0.2, 0.25) is 5.91 Å². The van der Waals surface area contributed by atoms with Crippen LogP contribution >= 0.6 is 0 Å². The molecule has 3 heterocycles. The van der Waals surface area contributed by atoms with Crippen molar-refractivity contribution in [3.05, 3.63) is 47.7 Å². The third kappa shape index (κ3) is 5.43. The summed E-state index contributed by atoms with van der Waals surface area (Å²) in [6.45, 7) is 3.02. The molecular weight excluding hydrogens is 414 g/mol. The Kier molecular flexibility index (Phi) is 6.29. The number of nitrogens with one attached hydrogen (secondary N) is 1. The van der Waals surface area contributed by atoms with Gasteiger partial charge in [-0.1, -0.05) is 6.07 Å². The van der Waals surface area contributed by atoms with Gasteiger partial charge in [0, 0.05) is 37.2 Å². The zero-order valence-electron chi connectivity index (χ0n) is 18.0. The van der Waals surface area contributed by atoms with Crippen LogP contribution in [0.5, 0.6) is 5.75 Å². The minimum atomic E-state index is -2.91. The van der Waals surface area contributed by atoms with Crippen LogP contribution in [0.1, 0.15) is 24.0 Å². The van der Waals surface area contributed by atoms with Gasteiger partial charge in [-0.2, -0.15) is 0 Å². The van der Waals surface area contributed by atoms with Crippen molar-refractivity contribution in [2.75, 3.05) is 31.6 Å². The van der Waals surface area contributed by atoms with Gasteiger partial charge in [0.1, 0.15) is 11.9 Å². The quantitative estimate of drug-likeness (QED) is 0.704. The molecule has 1 saturated heterocycles. The van der Waals surface area contributed by atoms with Gasteiger partial charge >= 0.3 is 0 Å². The number of carbonyl (C=O) groups excluding carboxylic acids is 1. The van der Waals surface area contributed by atoms with Crippen molar-refractivity contribution >= 4 is 15.7 Å². The lowest BCUT2D eigenvalue weighted by Crippen LogP contribution is -2.38. The van der Waals surface area contributed by atoms with Crippen molar-refractivity contribution in [1.29, 1.82) is 0 Å². The van der Waals surface area contributed by atoms with Crippen LogP contribution in [0.15, 0.2) is 36.5 Å². The van der Waals surface area contributed by atoms with E-state index in [4.69, 9.17) is 4.74 Å². The molecule has 1 aromatic carbocycles. The summed E-state index contributed by atoms with van der Waals surface area (Å²) in [5.41, 5.74) is 4.25. The second-order valence-electron chi connectivity index (χ2n) is 8.58. The number of amides is 1. The lowest BCUT2D eigenvalue weighted by molar-refractivity contribution is -0.121. The number of benzene rings is 1. The van der Waals surface area contributed by atoms with Crippen LogP contribution < -0.4 is 10.1 Å². The van der Waals surface area contributed by atoms with Crippen LogP contribution in [0.4, 0.5) is 0 Å². The molecule has 1 aromatic heterocycles. The smallest absolute Gasteiger partial charge is 0.221 e. The van der Waals surface area contributed by atoms with E-state index in [1.807, 2.05) is 49.3 Å². The molecule has 2 aliphatic rings. The van der Waals surface area contributed by atoms with Gasteiger partial charge in [-0.15, -0.1) is 0 Å². The number of hydrogen-bond acceptors (Lipinski definition) is 6. The number of aryl methyl sites for hydroxylation is 1. The molecule has 1 N–H and O–H groups in total. The van der Waals surface area contributed by atoms with E-state index < -0.39 is 9.84 Å². The van der Waals surface area contributed by atoms with Crippen LogP contribution in [-0.2, 0) is 21.1 Å². The fourth-order valence-corrected chi connectivity index (χ4v) is 5.94. The van der Waals surface area contributed by atoms with E-state index in [1.54, 1.807) is 0 Å². The predicted octanol–water partition coefficient (Wildman–Crippen LogP) is 1.99. The first-order chi connectivity index (χ1) is 14.8. The molecule has 0 aliphatic carbocycles. The number of sulfone groups is 1. The standard InChI is InChI=1S/C23H29N3O4S/c1-16-3-5-21(24-13-16)17-4-6-22-18(11-17)12-20(30-22)14-25-23(27)7-9-26(2)19-8-10-31(28,29)15-19/h3-6,11,13,19-20H,7-10,12,14-15H2,1-2H3,(H,25,27). The first kappa shape index (κ1) is 21.8. The fraction of sp³-hybridized carbons (Fsp3) is 0.478. The molecule has 31 heavy (non-hydrogen) atoms. The summed E-state index contributed by atoms with van der Waals surface area (Å²) in [6, 6.07) is 10.2.